The van der Waals surface area contributed by atoms with Gasteiger partial charge in [0.1, 0.15) is 6.10 Å². The van der Waals surface area contributed by atoms with E-state index in [1.54, 1.807) is 6.07 Å². The van der Waals surface area contributed by atoms with Gasteiger partial charge in [0, 0.05) is 10.9 Å². The maximum Gasteiger partial charge on any atom is 0.168 e. The number of hydrogen-bond acceptors (Lipinski definition) is 2. The van der Waals surface area contributed by atoms with E-state index in [4.69, 9.17) is 11.6 Å². The van der Waals surface area contributed by atoms with Crippen LogP contribution >= 0.6 is 11.6 Å². The molecule has 1 saturated carbocycles. The number of halogens is 1. The number of hydrogen-bond donors (Lipinski definition) is 1. The lowest BCUT2D eigenvalue weighted by Gasteiger charge is -2.25. The molecule has 1 aromatic rings. The van der Waals surface area contributed by atoms with Gasteiger partial charge in [0.2, 0.25) is 0 Å². The Morgan fingerprint density at radius 1 is 1.27 bits per heavy atom. The largest absolute Gasteiger partial charge is 0.385 e. The molecule has 3 heteroatoms. The summed E-state index contributed by atoms with van der Waals surface area (Å²) in [6.45, 7) is 0. The smallest absolute Gasteiger partial charge is 0.168 e. The van der Waals surface area contributed by atoms with Crippen LogP contribution in [0.1, 0.15) is 30.7 Å². The fraction of sp³-hybridized carbons (Fsp3) is 0.417. The van der Waals surface area contributed by atoms with E-state index in [1.165, 1.54) is 0 Å². The monoisotopic (exact) mass is 224 g/mol. The Labute approximate surface area is 93.9 Å². The van der Waals surface area contributed by atoms with Gasteiger partial charge in [0.15, 0.2) is 5.78 Å². The van der Waals surface area contributed by atoms with E-state index >= 15 is 0 Å². The van der Waals surface area contributed by atoms with Gasteiger partial charge in [-0.2, -0.15) is 0 Å². The zero-order valence-electron chi connectivity index (χ0n) is 8.32. The number of carbonyl (C=O) groups is 1. The molecule has 0 amide bonds. The first-order valence-corrected chi connectivity index (χ1v) is 5.54. The molecule has 1 aromatic carbocycles. The Morgan fingerprint density at radius 3 is 2.73 bits per heavy atom. The molecular weight excluding hydrogens is 212 g/mol. The molecule has 2 nitrogen and oxygen atoms in total. The van der Waals surface area contributed by atoms with Crippen molar-refractivity contribution in [3.05, 3.63) is 34.9 Å². The number of ketones is 1. The van der Waals surface area contributed by atoms with Gasteiger partial charge < -0.3 is 5.11 Å². The van der Waals surface area contributed by atoms with Crippen LogP contribution < -0.4 is 0 Å². The van der Waals surface area contributed by atoms with Crippen molar-refractivity contribution < 1.29 is 9.90 Å². The quantitative estimate of drug-likeness (QED) is 0.796. The van der Waals surface area contributed by atoms with Gasteiger partial charge in [-0.3, -0.25) is 4.79 Å². The summed E-state index contributed by atoms with van der Waals surface area (Å²) in [6, 6.07) is 7.36. The maximum absolute atomic E-state index is 11.8. The average Bonchev–Trinajstić information content (AvgIpc) is 2.23. The zero-order chi connectivity index (χ0) is 10.8. The molecule has 0 bridgehead atoms. The molecule has 1 N–H and O–H groups in total. The minimum atomic E-state index is -0.806. The van der Waals surface area contributed by atoms with E-state index in [-0.39, 0.29) is 11.7 Å². The van der Waals surface area contributed by atoms with E-state index < -0.39 is 6.10 Å². The van der Waals surface area contributed by atoms with Crippen molar-refractivity contribution in [3.8, 4) is 0 Å². The van der Waals surface area contributed by atoms with Gasteiger partial charge in [-0.25, -0.2) is 0 Å². The highest BCUT2D eigenvalue weighted by molar-refractivity contribution is 6.31. The Kier molecular flexibility index (Phi) is 3.08. The van der Waals surface area contributed by atoms with E-state index in [9.17, 15) is 9.90 Å². The first-order valence-electron chi connectivity index (χ1n) is 5.16. The Hall–Kier alpha value is -0.860. The third-order valence-corrected chi connectivity index (χ3v) is 3.27. The van der Waals surface area contributed by atoms with E-state index in [0.29, 0.717) is 11.4 Å². The number of rotatable bonds is 1. The first-order chi connectivity index (χ1) is 7.20. The highest BCUT2D eigenvalue weighted by Crippen LogP contribution is 2.33. The summed E-state index contributed by atoms with van der Waals surface area (Å²) >= 11 is 6.04. The third-order valence-electron chi connectivity index (χ3n) is 2.92. The molecule has 2 rings (SSSR count). The van der Waals surface area contributed by atoms with Crippen molar-refractivity contribution in [1.82, 2.24) is 0 Å². The summed E-state index contributed by atoms with van der Waals surface area (Å²) in [5.74, 6) is -0.309. The van der Waals surface area contributed by atoms with E-state index in [1.807, 2.05) is 18.2 Å². The van der Waals surface area contributed by atoms with Gasteiger partial charge in [-0.15, -0.1) is 0 Å². The van der Waals surface area contributed by atoms with Crippen molar-refractivity contribution in [1.29, 1.82) is 0 Å². The van der Waals surface area contributed by atoms with Crippen LogP contribution in [0.3, 0.4) is 0 Å². The van der Waals surface area contributed by atoms with Crippen LogP contribution in [-0.2, 0) is 4.79 Å². The SMILES string of the molecule is O=C1C(O)CCCC1c1ccccc1Cl. The Balaban J connectivity index is 2.30. The van der Waals surface area contributed by atoms with E-state index in [2.05, 4.69) is 0 Å². The predicted molar refractivity (Wildman–Crippen MR) is 59.1 cm³/mol. The van der Waals surface area contributed by atoms with Crippen molar-refractivity contribution in [2.24, 2.45) is 0 Å². The fourth-order valence-electron chi connectivity index (χ4n) is 2.10. The van der Waals surface area contributed by atoms with Crippen LogP contribution in [-0.4, -0.2) is 17.0 Å². The summed E-state index contributed by atoms with van der Waals surface area (Å²) in [5.41, 5.74) is 0.850. The second-order valence-corrected chi connectivity index (χ2v) is 4.33. The molecule has 0 spiro atoms. The van der Waals surface area contributed by atoms with Crippen molar-refractivity contribution in [2.75, 3.05) is 0 Å². The second kappa shape index (κ2) is 4.33. The van der Waals surface area contributed by atoms with Crippen molar-refractivity contribution >= 4 is 17.4 Å². The van der Waals surface area contributed by atoms with Crippen molar-refractivity contribution in [3.63, 3.8) is 0 Å². The second-order valence-electron chi connectivity index (χ2n) is 3.92. The van der Waals surface area contributed by atoms with Crippen LogP contribution in [0.25, 0.3) is 0 Å². The van der Waals surface area contributed by atoms with Gasteiger partial charge in [0.05, 0.1) is 0 Å². The average molecular weight is 225 g/mol. The molecule has 0 radical (unpaired) electrons. The summed E-state index contributed by atoms with van der Waals surface area (Å²) in [4.78, 5) is 11.8. The number of benzene rings is 1. The molecule has 1 aliphatic rings. The lowest BCUT2D eigenvalue weighted by Crippen LogP contribution is -2.31. The lowest BCUT2D eigenvalue weighted by molar-refractivity contribution is -0.131. The molecule has 0 aliphatic heterocycles. The van der Waals surface area contributed by atoms with Crippen LogP contribution in [0, 0.1) is 0 Å². The third kappa shape index (κ3) is 2.06. The highest BCUT2D eigenvalue weighted by atomic mass is 35.5. The molecule has 2 unspecified atom stereocenters. The first kappa shape index (κ1) is 10.7. The lowest BCUT2D eigenvalue weighted by atomic mass is 9.81. The Morgan fingerprint density at radius 2 is 2.00 bits per heavy atom. The number of Topliss-reactive ketones (excluding diaryl/α,β-unsaturated/α-hetero) is 1. The fourth-order valence-corrected chi connectivity index (χ4v) is 2.37. The summed E-state index contributed by atoms with van der Waals surface area (Å²) in [6.07, 6.45) is 1.45. The zero-order valence-corrected chi connectivity index (χ0v) is 9.07. The standard InChI is InChI=1S/C12H13ClO2/c13-10-6-2-1-4-8(10)9-5-3-7-11(14)12(9)15/h1-2,4,6,9,11,14H,3,5,7H2. The summed E-state index contributed by atoms with van der Waals surface area (Å²) in [5, 5.41) is 10.1. The van der Waals surface area contributed by atoms with Gasteiger partial charge in [-0.05, 0) is 30.9 Å². The maximum atomic E-state index is 11.8. The molecule has 1 fully saturated rings. The summed E-state index contributed by atoms with van der Waals surface area (Å²) < 4.78 is 0. The van der Waals surface area contributed by atoms with Crippen LogP contribution in [0.15, 0.2) is 24.3 Å². The molecular formula is C12H13ClO2. The van der Waals surface area contributed by atoms with Gasteiger partial charge in [-0.1, -0.05) is 29.8 Å². The molecule has 80 valence electrons. The van der Waals surface area contributed by atoms with Gasteiger partial charge in [0.25, 0.3) is 0 Å². The minimum Gasteiger partial charge on any atom is -0.385 e. The normalized spacial score (nSPS) is 26.7. The molecule has 15 heavy (non-hydrogen) atoms. The predicted octanol–water partition coefficient (Wildman–Crippen LogP) is 2.54. The minimum absolute atomic E-state index is 0.0886. The molecule has 2 atom stereocenters. The van der Waals surface area contributed by atoms with Crippen molar-refractivity contribution in [2.45, 2.75) is 31.3 Å². The number of aliphatic hydroxyl groups is 1. The van der Waals surface area contributed by atoms with Crippen LogP contribution in [0.4, 0.5) is 0 Å². The molecule has 0 saturated heterocycles. The topological polar surface area (TPSA) is 37.3 Å². The Bertz CT molecular complexity index is 376. The number of carbonyl (C=O) groups excluding carboxylic acids is 1. The van der Waals surface area contributed by atoms with Crippen LogP contribution in [0.5, 0.6) is 0 Å². The molecule has 0 aromatic heterocycles. The highest BCUT2D eigenvalue weighted by Gasteiger charge is 2.31. The van der Waals surface area contributed by atoms with Gasteiger partial charge >= 0.3 is 0 Å². The number of aliphatic hydroxyl groups excluding tert-OH is 1. The molecule has 0 heterocycles. The summed E-state index contributed by atoms with van der Waals surface area (Å²) in [7, 11) is 0. The molecule has 1 aliphatic carbocycles. The van der Waals surface area contributed by atoms with E-state index in [0.717, 1.165) is 18.4 Å². The van der Waals surface area contributed by atoms with Crippen LogP contribution in [0.2, 0.25) is 5.02 Å².